The Kier molecular flexibility index (Phi) is 4.55. The second-order valence-corrected chi connectivity index (χ2v) is 8.32. The lowest BCUT2D eigenvalue weighted by Gasteiger charge is -2.34. The first-order valence-electron chi connectivity index (χ1n) is 8.74. The molecular formula is C19H21N5O2S. The van der Waals surface area contributed by atoms with E-state index in [1.54, 1.807) is 18.3 Å². The van der Waals surface area contributed by atoms with Gasteiger partial charge in [-0.3, -0.25) is 4.98 Å². The fraction of sp³-hybridized carbons (Fsp3) is 0.263. The molecule has 1 aromatic carbocycles. The Morgan fingerprint density at radius 1 is 1.04 bits per heavy atom. The first-order chi connectivity index (χ1) is 12.9. The standard InChI is InChI=1S/C19H21N5O2S/c1-23-9-11-24(12-10-23)18-7-8-21-17-6-5-16(22-19(17)18)14-3-2-4-15(13-14)27(20,25)26/h2-8,13H,9-12H2,1H3,(H2,20,25,26). The number of nitrogens with two attached hydrogens (primary N) is 1. The zero-order valence-electron chi connectivity index (χ0n) is 15.0. The van der Waals surface area contributed by atoms with Crippen molar-refractivity contribution in [2.75, 3.05) is 38.1 Å². The van der Waals surface area contributed by atoms with E-state index >= 15 is 0 Å². The van der Waals surface area contributed by atoms with Crippen molar-refractivity contribution in [1.82, 2.24) is 14.9 Å². The molecule has 4 rings (SSSR count). The Labute approximate surface area is 158 Å². The maximum absolute atomic E-state index is 11.7. The van der Waals surface area contributed by atoms with Gasteiger partial charge in [-0.1, -0.05) is 12.1 Å². The van der Waals surface area contributed by atoms with Crippen molar-refractivity contribution in [2.24, 2.45) is 5.14 Å². The molecule has 7 nitrogen and oxygen atoms in total. The van der Waals surface area contributed by atoms with Gasteiger partial charge in [0.2, 0.25) is 10.0 Å². The molecule has 0 radical (unpaired) electrons. The Balaban J connectivity index is 1.79. The first-order valence-corrected chi connectivity index (χ1v) is 10.3. The van der Waals surface area contributed by atoms with Crippen LogP contribution in [0.25, 0.3) is 22.3 Å². The lowest BCUT2D eigenvalue weighted by Crippen LogP contribution is -2.44. The molecule has 0 spiro atoms. The molecule has 140 valence electrons. The second kappa shape index (κ2) is 6.88. The van der Waals surface area contributed by atoms with E-state index in [1.165, 1.54) is 6.07 Å². The molecule has 0 bridgehead atoms. The van der Waals surface area contributed by atoms with E-state index in [9.17, 15) is 8.42 Å². The Hall–Kier alpha value is -2.55. The molecule has 1 fully saturated rings. The number of hydrogen-bond acceptors (Lipinski definition) is 6. The minimum atomic E-state index is -3.76. The average molecular weight is 383 g/mol. The molecule has 0 amide bonds. The van der Waals surface area contributed by atoms with Crippen LogP contribution in [0, 0.1) is 0 Å². The van der Waals surface area contributed by atoms with Gasteiger partial charge in [0, 0.05) is 37.9 Å². The first kappa shape index (κ1) is 17.8. The van der Waals surface area contributed by atoms with Crippen molar-refractivity contribution >= 4 is 26.7 Å². The number of primary sulfonamides is 1. The summed E-state index contributed by atoms with van der Waals surface area (Å²) in [6, 6.07) is 12.3. The topological polar surface area (TPSA) is 92.4 Å². The third-order valence-corrected chi connectivity index (χ3v) is 5.78. The van der Waals surface area contributed by atoms with E-state index in [0.717, 1.165) is 42.9 Å². The highest BCUT2D eigenvalue weighted by atomic mass is 32.2. The highest BCUT2D eigenvalue weighted by molar-refractivity contribution is 7.89. The number of sulfonamides is 1. The molecule has 1 saturated heterocycles. The van der Waals surface area contributed by atoms with Crippen molar-refractivity contribution in [3.63, 3.8) is 0 Å². The SMILES string of the molecule is CN1CCN(c2ccnc3ccc(-c4cccc(S(N)(=O)=O)c4)nc23)CC1. The van der Waals surface area contributed by atoms with Gasteiger partial charge >= 0.3 is 0 Å². The molecule has 1 aliphatic rings. The van der Waals surface area contributed by atoms with Crippen molar-refractivity contribution < 1.29 is 8.42 Å². The number of rotatable bonds is 3. The van der Waals surface area contributed by atoms with Crippen molar-refractivity contribution in [2.45, 2.75) is 4.90 Å². The molecule has 0 unspecified atom stereocenters. The maximum Gasteiger partial charge on any atom is 0.238 e. The number of aromatic nitrogens is 2. The average Bonchev–Trinajstić information content (AvgIpc) is 2.67. The van der Waals surface area contributed by atoms with E-state index in [4.69, 9.17) is 10.1 Å². The van der Waals surface area contributed by atoms with Gasteiger partial charge in [0.15, 0.2) is 0 Å². The van der Waals surface area contributed by atoms with Gasteiger partial charge in [-0.05, 0) is 37.4 Å². The molecule has 3 heterocycles. The molecule has 8 heteroatoms. The van der Waals surface area contributed by atoms with E-state index < -0.39 is 10.0 Å². The second-order valence-electron chi connectivity index (χ2n) is 6.76. The van der Waals surface area contributed by atoms with Crippen molar-refractivity contribution in [3.05, 3.63) is 48.7 Å². The summed E-state index contributed by atoms with van der Waals surface area (Å²) in [5.74, 6) is 0. The van der Waals surface area contributed by atoms with Crippen LogP contribution in [0.1, 0.15) is 0 Å². The number of anilines is 1. The van der Waals surface area contributed by atoms with Crippen LogP contribution < -0.4 is 10.0 Å². The van der Waals surface area contributed by atoms with E-state index in [-0.39, 0.29) is 4.90 Å². The Morgan fingerprint density at radius 2 is 1.81 bits per heavy atom. The summed E-state index contributed by atoms with van der Waals surface area (Å²) < 4.78 is 23.3. The third kappa shape index (κ3) is 3.64. The molecule has 3 aromatic rings. The summed E-state index contributed by atoms with van der Waals surface area (Å²) in [6.07, 6.45) is 1.80. The van der Waals surface area contributed by atoms with E-state index in [2.05, 4.69) is 21.8 Å². The molecule has 27 heavy (non-hydrogen) atoms. The number of hydrogen-bond donors (Lipinski definition) is 1. The largest absolute Gasteiger partial charge is 0.367 e. The van der Waals surface area contributed by atoms with Crippen LogP contribution in [0.15, 0.2) is 53.6 Å². The van der Waals surface area contributed by atoms with Gasteiger partial charge in [-0.15, -0.1) is 0 Å². The van der Waals surface area contributed by atoms with E-state index in [0.29, 0.717) is 11.3 Å². The third-order valence-electron chi connectivity index (χ3n) is 4.86. The van der Waals surface area contributed by atoms with Gasteiger partial charge in [0.25, 0.3) is 0 Å². The number of pyridine rings is 2. The summed E-state index contributed by atoms with van der Waals surface area (Å²) >= 11 is 0. The van der Waals surface area contributed by atoms with Gasteiger partial charge in [0.05, 0.1) is 21.8 Å². The van der Waals surface area contributed by atoms with Crippen LogP contribution >= 0.6 is 0 Å². The summed E-state index contributed by atoms with van der Waals surface area (Å²) in [5.41, 5.74) is 4.09. The van der Waals surface area contributed by atoms with Crippen molar-refractivity contribution in [1.29, 1.82) is 0 Å². The molecule has 0 aliphatic carbocycles. The maximum atomic E-state index is 11.7. The fourth-order valence-electron chi connectivity index (χ4n) is 3.31. The fourth-order valence-corrected chi connectivity index (χ4v) is 3.87. The minimum absolute atomic E-state index is 0.0763. The highest BCUT2D eigenvalue weighted by Crippen LogP contribution is 2.28. The highest BCUT2D eigenvalue weighted by Gasteiger charge is 2.18. The molecule has 2 aromatic heterocycles. The minimum Gasteiger partial charge on any atom is -0.367 e. The summed E-state index contributed by atoms with van der Waals surface area (Å²) in [4.78, 5) is 13.9. The van der Waals surface area contributed by atoms with E-state index in [1.807, 2.05) is 24.3 Å². The summed E-state index contributed by atoms with van der Waals surface area (Å²) in [7, 11) is -1.64. The number of benzene rings is 1. The molecule has 1 aliphatic heterocycles. The molecular weight excluding hydrogens is 362 g/mol. The predicted octanol–water partition coefficient (Wildman–Crippen LogP) is 1.70. The zero-order valence-corrected chi connectivity index (χ0v) is 15.9. The lowest BCUT2D eigenvalue weighted by atomic mass is 10.1. The Bertz CT molecular complexity index is 1090. The summed E-state index contributed by atoms with van der Waals surface area (Å²) in [6.45, 7) is 3.87. The number of piperazine rings is 1. The van der Waals surface area contributed by atoms with Crippen LogP contribution in [0.4, 0.5) is 5.69 Å². The number of fused-ring (bicyclic) bond motifs is 1. The molecule has 0 atom stereocenters. The smallest absolute Gasteiger partial charge is 0.238 e. The van der Waals surface area contributed by atoms with Crippen LogP contribution in [-0.4, -0.2) is 56.5 Å². The quantitative estimate of drug-likeness (QED) is 0.740. The molecule has 0 saturated carbocycles. The zero-order chi connectivity index (χ0) is 19.0. The monoisotopic (exact) mass is 383 g/mol. The van der Waals surface area contributed by atoms with Crippen LogP contribution in [0.2, 0.25) is 0 Å². The van der Waals surface area contributed by atoms with Crippen LogP contribution in [0.5, 0.6) is 0 Å². The van der Waals surface area contributed by atoms with Gasteiger partial charge in [-0.25, -0.2) is 18.5 Å². The van der Waals surface area contributed by atoms with Gasteiger partial charge < -0.3 is 9.80 Å². The van der Waals surface area contributed by atoms with Gasteiger partial charge in [0.1, 0.15) is 5.52 Å². The predicted molar refractivity (Wildman–Crippen MR) is 106 cm³/mol. The van der Waals surface area contributed by atoms with Crippen LogP contribution in [-0.2, 0) is 10.0 Å². The van der Waals surface area contributed by atoms with Crippen LogP contribution in [0.3, 0.4) is 0 Å². The van der Waals surface area contributed by atoms with Gasteiger partial charge in [-0.2, -0.15) is 0 Å². The summed E-state index contributed by atoms with van der Waals surface area (Å²) in [5, 5.41) is 5.26. The number of nitrogens with zero attached hydrogens (tertiary/aromatic N) is 4. The Morgan fingerprint density at radius 3 is 2.56 bits per heavy atom. The van der Waals surface area contributed by atoms with Crippen molar-refractivity contribution in [3.8, 4) is 11.3 Å². The normalized spacial score (nSPS) is 16.0. The lowest BCUT2D eigenvalue weighted by molar-refractivity contribution is 0.313. The molecule has 2 N–H and O–H groups in total. The number of likely N-dealkylation sites (N-methyl/N-ethyl adjacent to an activating group) is 1.